The van der Waals surface area contributed by atoms with Crippen LogP contribution in [0.15, 0.2) is 0 Å². The predicted octanol–water partition coefficient (Wildman–Crippen LogP) is 1.97. The second-order valence-corrected chi connectivity index (χ2v) is 0. The van der Waals surface area contributed by atoms with E-state index >= 15 is 0 Å². The van der Waals surface area contributed by atoms with E-state index in [4.69, 9.17) is 0 Å². The number of hydrogen-bond donors (Lipinski definition) is 0. The molecule has 0 aliphatic rings. The fourth-order valence-electron chi connectivity index (χ4n) is 0. The average molecular weight is 683 g/mol. The molecule has 7 heteroatoms. The van der Waals surface area contributed by atoms with E-state index in [1.807, 2.05) is 0 Å². The first-order valence-electron chi connectivity index (χ1n) is 0. The summed E-state index contributed by atoms with van der Waals surface area (Å²) >= 11 is 0. The molecule has 0 aromatic rings. The van der Waals surface area contributed by atoms with Gasteiger partial charge in [0.1, 0.15) is 0 Å². The van der Waals surface area contributed by atoms with Crippen LogP contribution < -0.4 is 0 Å². The molecule has 0 aliphatic carbocycles. The third kappa shape index (κ3) is 73.4. The van der Waals surface area contributed by atoms with Gasteiger partial charge in [-0.3, -0.25) is 0 Å². The Balaban J connectivity index is 0. The number of hydrogen-bond acceptors (Lipinski definition) is 0. The molecule has 0 rings (SSSR count). The van der Waals surface area contributed by atoms with Gasteiger partial charge in [-0.15, -0.1) is 0 Å². The van der Waals surface area contributed by atoms with Crippen LogP contribution in [0.5, 0.6) is 0 Å². The second-order valence-electron chi connectivity index (χ2n) is 0. The molecule has 0 aromatic carbocycles. The van der Waals surface area contributed by atoms with Crippen LogP contribution in [0, 0.1) is 22.3 Å². The maximum absolute atomic E-state index is 0. The van der Waals surface area contributed by atoms with E-state index in [1.165, 1.54) is 0 Å². The predicted molar refractivity (Wildman–Crippen MR) is 26.0 cm³/mol. The van der Waals surface area contributed by atoms with E-state index in [1.54, 1.807) is 0 Å². The van der Waals surface area contributed by atoms with Gasteiger partial charge in [0.15, 0.2) is 0 Å². The van der Waals surface area contributed by atoms with Gasteiger partial charge in [-0.25, -0.2) is 0 Å². The Morgan fingerprint density at radius 3 is 0.273 bits per heavy atom. The summed E-state index contributed by atoms with van der Waals surface area (Å²) in [6.45, 7) is 0. The van der Waals surface area contributed by atoms with E-state index in [9.17, 15) is 0 Å². The average Bonchev–Trinajstić information content (AvgIpc) is 0. The van der Waals surface area contributed by atoms with Crippen molar-refractivity contribution in [1.29, 1.82) is 0 Å². The SMILES string of the molecule is C.[CH3-].[CH3-].[CH3-].[Y].[Y].[Y].[Y].[Y].[Y].[Y]. The summed E-state index contributed by atoms with van der Waals surface area (Å²) in [6.07, 6.45) is 0. The van der Waals surface area contributed by atoms with Crippen molar-refractivity contribution in [2.75, 3.05) is 0 Å². The molecule has 0 unspecified atom stereocenters. The van der Waals surface area contributed by atoms with Gasteiger partial charge in [-0.2, -0.15) is 0 Å². The van der Waals surface area contributed by atoms with Gasteiger partial charge >= 0.3 is 0 Å². The molecule has 0 aliphatic heterocycles. The number of rotatable bonds is 0. The summed E-state index contributed by atoms with van der Waals surface area (Å²) in [7, 11) is 0. The summed E-state index contributed by atoms with van der Waals surface area (Å²) < 4.78 is 0. The normalized spacial score (nSPS) is 0. The van der Waals surface area contributed by atoms with E-state index in [-0.39, 0.29) is 259 Å². The molecule has 53 valence electrons. The van der Waals surface area contributed by atoms with Gasteiger partial charge in [-0.1, -0.05) is 7.43 Å². The summed E-state index contributed by atoms with van der Waals surface area (Å²) in [5.41, 5.74) is 0. The maximum Gasteiger partial charge on any atom is 0 e. The molecule has 0 heterocycles. The van der Waals surface area contributed by atoms with E-state index in [0.717, 1.165) is 0 Å². The third-order valence-corrected chi connectivity index (χ3v) is 0. The van der Waals surface area contributed by atoms with Crippen LogP contribution in [0.2, 0.25) is 0 Å². The minimum Gasteiger partial charge on any atom is -0.358 e. The fourth-order valence-corrected chi connectivity index (χ4v) is 0. The molecule has 0 N–H and O–H groups in total. The zero-order chi connectivity index (χ0) is 0. The first-order valence-corrected chi connectivity index (χ1v) is 0. The summed E-state index contributed by atoms with van der Waals surface area (Å²) in [4.78, 5) is 0. The molecular weight excluding hydrogens is 670 g/mol. The van der Waals surface area contributed by atoms with Crippen molar-refractivity contribution in [2.24, 2.45) is 0 Å². The smallest absolute Gasteiger partial charge is 0 e. The minimum atomic E-state index is 0. The molecule has 0 fully saturated rings. The van der Waals surface area contributed by atoms with Crippen molar-refractivity contribution in [2.45, 2.75) is 7.43 Å². The Bertz CT molecular complexity index is 10.4. The monoisotopic (exact) mass is 683 g/mol. The van der Waals surface area contributed by atoms with Gasteiger partial charge in [0.2, 0.25) is 0 Å². The zero-order valence-electron chi connectivity index (χ0n) is 7.04. The van der Waals surface area contributed by atoms with Crippen LogP contribution in [-0.2, 0) is 229 Å². The molecule has 0 spiro atoms. The van der Waals surface area contributed by atoms with Crippen molar-refractivity contribution in [1.82, 2.24) is 0 Å². The molecule has 11 heavy (non-hydrogen) atoms. The Hall–Kier alpha value is 7.73. The van der Waals surface area contributed by atoms with Crippen LogP contribution in [0.4, 0.5) is 0 Å². The van der Waals surface area contributed by atoms with Crippen LogP contribution in [0.1, 0.15) is 7.43 Å². The van der Waals surface area contributed by atoms with Gasteiger partial charge < -0.3 is 22.3 Å². The quantitative estimate of drug-likeness (QED) is 0.343. The van der Waals surface area contributed by atoms with Gasteiger partial charge in [0.25, 0.3) is 0 Å². The topological polar surface area (TPSA) is 0 Å². The third-order valence-electron chi connectivity index (χ3n) is 0. The molecular formula is C4H13Y7-3. The first kappa shape index (κ1) is 98.6. The van der Waals surface area contributed by atoms with Crippen LogP contribution in [0.3, 0.4) is 0 Å². The Kier molecular flexibility index (Phi) is 744. The Morgan fingerprint density at radius 2 is 0.273 bits per heavy atom. The van der Waals surface area contributed by atoms with Gasteiger partial charge in [0.05, 0.1) is 0 Å². The van der Waals surface area contributed by atoms with Crippen molar-refractivity contribution in [3.05, 3.63) is 22.3 Å². The van der Waals surface area contributed by atoms with Crippen molar-refractivity contribution in [3.8, 4) is 0 Å². The largest absolute Gasteiger partial charge is 0.358 e. The van der Waals surface area contributed by atoms with Crippen LogP contribution in [0.25, 0.3) is 0 Å². The molecule has 0 atom stereocenters. The Morgan fingerprint density at radius 1 is 0.273 bits per heavy atom. The van der Waals surface area contributed by atoms with Crippen LogP contribution in [-0.4, -0.2) is 0 Å². The maximum atomic E-state index is 0. The standard InChI is InChI=1S/CH4.3CH3.7Y/h1H4;3*1H3;;;;;;;/q;3*-1;;;;;;;. The van der Waals surface area contributed by atoms with E-state index < -0.39 is 0 Å². The molecule has 0 aromatic heterocycles. The van der Waals surface area contributed by atoms with Crippen molar-refractivity contribution < 1.29 is 229 Å². The molecule has 0 nitrogen and oxygen atoms in total. The molecule has 0 amide bonds. The second kappa shape index (κ2) is 83.1. The summed E-state index contributed by atoms with van der Waals surface area (Å²) in [5.74, 6) is 0. The summed E-state index contributed by atoms with van der Waals surface area (Å²) in [5, 5.41) is 0. The fraction of sp³-hybridized carbons (Fsp3) is 0.250. The van der Waals surface area contributed by atoms with Crippen molar-refractivity contribution >= 4 is 0 Å². The van der Waals surface area contributed by atoms with Gasteiger partial charge in [-0.05, 0) is 0 Å². The summed E-state index contributed by atoms with van der Waals surface area (Å²) in [6, 6.07) is 0. The van der Waals surface area contributed by atoms with Crippen molar-refractivity contribution in [3.63, 3.8) is 0 Å². The van der Waals surface area contributed by atoms with E-state index in [2.05, 4.69) is 0 Å². The molecule has 7 radical (unpaired) electrons. The minimum absolute atomic E-state index is 0. The van der Waals surface area contributed by atoms with Crippen LogP contribution >= 0.6 is 0 Å². The Labute approximate surface area is 251 Å². The zero-order valence-corrected chi connectivity index (χ0v) is 26.9. The molecule has 0 saturated carbocycles. The first-order chi connectivity index (χ1) is 0. The van der Waals surface area contributed by atoms with Gasteiger partial charge in [0, 0.05) is 229 Å². The molecule has 0 bridgehead atoms. The molecule has 0 saturated heterocycles. The van der Waals surface area contributed by atoms with E-state index in [0.29, 0.717) is 0 Å².